The SMILES string of the molecule is CCOC(=O)[C@@H]1C[C@@H]2CCN(CC(=O)N(CC)CC)C[C@@H]2N1OCOC(C)(C)C. The van der Waals surface area contributed by atoms with Crippen molar-refractivity contribution in [2.24, 2.45) is 5.92 Å². The van der Waals surface area contributed by atoms with E-state index in [0.717, 1.165) is 32.5 Å². The minimum Gasteiger partial charge on any atom is -0.465 e. The third kappa shape index (κ3) is 6.64. The van der Waals surface area contributed by atoms with Crippen molar-refractivity contribution in [3.8, 4) is 0 Å². The fourth-order valence-corrected chi connectivity index (χ4v) is 4.13. The number of hydrogen-bond donors (Lipinski definition) is 0. The number of likely N-dealkylation sites (N-methyl/N-ethyl adjacent to an activating group) is 1. The van der Waals surface area contributed by atoms with E-state index in [1.54, 1.807) is 5.06 Å². The highest BCUT2D eigenvalue weighted by Gasteiger charge is 2.48. The summed E-state index contributed by atoms with van der Waals surface area (Å²) in [6.07, 6.45) is 1.66. The lowest BCUT2D eigenvalue weighted by molar-refractivity contribution is -0.271. The average Bonchev–Trinajstić information content (AvgIpc) is 3.00. The van der Waals surface area contributed by atoms with Crippen LogP contribution in [0.5, 0.6) is 0 Å². The Balaban J connectivity index is 2.05. The van der Waals surface area contributed by atoms with Crippen LogP contribution in [0.4, 0.5) is 0 Å². The van der Waals surface area contributed by atoms with E-state index >= 15 is 0 Å². The first-order valence-corrected chi connectivity index (χ1v) is 10.9. The molecule has 3 atom stereocenters. The molecule has 2 aliphatic rings. The lowest BCUT2D eigenvalue weighted by Gasteiger charge is -2.38. The Morgan fingerprint density at radius 1 is 1.14 bits per heavy atom. The van der Waals surface area contributed by atoms with Crippen LogP contribution in [0.15, 0.2) is 0 Å². The Morgan fingerprint density at radius 2 is 1.83 bits per heavy atom. The lowest BCUT2D eigenvalue weighted by Crippen LogP contribution is -2.53. The highest BCUT2D eigenvalue weighted by atomic mass is 16.8. The maximum Gasteiger partial charge on any atom is 0.325 e. The van der Waals surface area contributed by atoms with Crippen LogP contribution < -0.4 is 0 Å². The van der Waals surface area contributed by atoms with Gasteiger partial charge in [-0.15, -0.1) is 0 Å². The van der Waals surface area contributed by atoms with Gasteiger partial charge in [-0.2, -0.15) is 5.06 Å². The quantitative estimate of drug-likeness (QED) is 0.422. The third-order valence-electron chi connectivity index (χ3n) is 5.69. The summed E-state index contributed by atoms with van der Waals surface area (Å²) in [5.74, 6) is 0.249. The third-order valence-corrected chi connectivity index (χ3v) is 5.69. The number of carbonyl (C=O) groups is 2. The average molecular weight is 414 g/mol. The molecular formula is C21H39N3O5. The minimum absolute atomic E-state index is 0.0474. The van der Waals surface area contributed by atoms with Crippen LogP contribution in [0.3, 0.4) is 0 Å². The topological polar surface area (TPSA) is 71.6 Å². The maximum absolute atomic E-state index is 12.5. The van der Waals surface area contributed by atoms with Gasteiger partial charge in [-0.3, -0.25) is 19.3 Å². The van der Waals surface area contributed by atoms with Gasteiger partial charge in [0.1, 0.15) is 6.04 Å². The lowest BCUT2D eigenvalue weighted by atomic mass is 9.91. The number of piperidine rings is 1. The number of hydroxylamine groups is 2. The predicted molar refractivity (Wildman–Crippen MR) is 110 cm³/mol. The molecule has 0 radical (unpaired) electrons. The van der Waals surface area contributed by atoms with Crippen LogP contribution in [-0.2, 0) is 23.9 Å². The number of amides is 1. The zero-order valence-corrected chi connectivity index (χ0v) is 19.0. The fraction of sp³-hybridized carbons (Fsp3) is 0.905. The highest BCUT2D eigenvalue weighted by Crippen LogP contribution is 2.36. The zero-order chi connectivity index (χ0) is 21.6. The van der Waals surface area contributed by atoms with Crippen molar-refractivity contribution in [3.63, 3.8) is 0 Å². The van der Waals surface area contributed by atoms with Crippen LogP contribution >= 0.6 is 0 Å². The molecule has 0 unspecified atom stereocenters. The first-order chi connectivity index (χ1) is 13.7. The molecule has 0 aromatic carbocycles. The van der Waals surface area contributed by atoms with Gasteiger partial charge in [0, 0.05) is 19.6 Å². The van der Waals surface area contributed by atoms with Crippen molar-refractivity contribution in [2.45, 2.75) is 72.1 Å². The van der Waals surface area contributed by atoms with Crippen molar-refractivity contribution in [1.82, 2.24) is 14.9 Å². The van der Waals surface area contributed by atoms with Gasteiger partial charge in [0.05, 0.1) is 24.8 Å². The molecule has 0 spiro atoms. The zero-order valence-electron chi connectivity index (χ0n) is 19.0. The first kappa shape index (κ1) is 24.1. The molecule has 2 heterocycles. The second kappa shape index (κ2) is 10.7. The molecule has 8 nitrogen and oxygen atoms in total. The Hall–Kier alpha value is -1.22. The van der Waals surface area contributed by atoms with Crippen molar-refractivity contribution in [2.75, 3.05) is 46.1 Å². The largest absolute Gasteiger partial charge is 0.465 e. The van der Waals surface area contributed by atoms with Crippen LogP contribution in [-0.4, -0.2) is 90.5 Å². The van der Waals surface area contributed by atoms with E-state index in [2.05, 4.69) is 4.90 Å². The molecule has 0 saturated carbocycles. The summed E-state index contributed by atoms with van der Waals surface area (Å²) in [6.45, 7) is 15.5. The highest BCUT2D eigenvalue weighted by molar-refractivity contribution is 5.78. The summed E-state index contributed by atoms with van der Waals surface area (Å²) in [5, 5.41) is 1.78. The summed E-state index contributed by atoms with van der Waals surface area (Å²) < 4.78 is 11.0. The van der Waals surface area contributed by atoms with Crippen molar-refractivity contribution < 1.29 is 23.9 Å². The van der Waals surface area contributed by atoms with Crippen LogP contribution in [0, 0.1) is 5.92 Å². The van der Waals surface area contributed by atoms with E-state index in [-0.39, 0.29) is 30.3 Å². The molecule has 8 heteroatoms. The van der Waals surface area contributed by atoms with Crippen molar-refractivity contribution in [3.05, 3.63) is 0 Å². The van der Waals surface area contributed by atoms with E-state index in [9.17, 15) is 9.59 Å². The van der Waals surface area contributed by atoms with Gasteiger partial charge in [0.25, 0.3) is 0 Å². The number of likely N-dealkylation sites (tertiary alicyclic amines) is 1. The summed E-state index contributed by atoms with van der Waals surface area (Å²) in [4.78, 5) is 35.1. The molecule has 0 aliphatic carbocycles. The molecule has 0 N–H and O–H groups in total. The van der Waals surface area contributed by atoms with Gasteiger partial charge in [0.2, 0.25) is 5.91 Å². The summed E-state index contributed by atoms with van der Waals surface area (Å²) in [5.41, 5.74) is -0.326. The van der Waals surface area contributed by atoms with Gasteiger partial charge in [-0.05, 0) is 66.8 Å². The van der Waals surface area contributed by atoms with E-state index < -0.39 is 6.04 Å². The van der Waals surface area contributed by atoms with Crippen LogP contribution in [0.1, 0.15) is 54.4 Å². The molecule has 2 saturated heterocycles. The molecular weight excluding hydrogens is 374 g/mol. The van der Waals surface area contributed by atoms with Crippen LogP contribution in [0.2, 0.25) is 0 Å². The maximum atomic E-state index is 12.5. The Morgan fingerprint density at radius 3 is 2.41 bits per heavy atom. The Labute approximate surface area is 175 Å². The summed E-state index contributed by atoms with van der Waals surface area (Å²) in [6, 6.07) is -0.377. The number of hydrogen-bond acceptors (Lipinski definition) is 7. The Kier molecular flexibility index (Phi) is 8.88. The number of ether oxygens (including phenoxy) is 2. The predicted octanol–water partition coefficient (Wildman–Crippen LogP) is 1.89. The minimum atomic E-state index is -0.424. The molecule has 1 amide bonds. The van der Waals surface area contributed by atoms with Crippen molar-refractivity contribution in [1.29, 1.82) is 0 Å². The van der Waals surface area contributed by atoms with Gasteiger partial charge < -0.3 is 14.4 Å². The van der Waals surface area contributed by atoms with Gasteiger partial charge in [0.15, 0.2) is 6.79 Å². The smallest absolute Gasteiger partial charge is 0.325 e. The first-order valence-electron chi connectivity index (χ1n) is 10.9. The number of fused-ring (bicyclic) bond motifs is 1. The number of esters is 1. The van der Waals surface area contributed by atoms with E-state index in [0.29, 0.717) is 25.6 Å². The van der Waals surface area contributed by atoms with Gasteiger partial charge in [-0.1, -0.05) is 0 Å². The molecule has 2 fully saturated rings. The Bertz CT molecular complexity index is 547. The second-order valence-electron chi connectivity index (χ2n) is 8.78. The van der Waals surface area contributed by atoms with Gasteiger partial charge in [-0.25, -0.2) is 0 Å². The van der Waals surface area contributed by atoms with E-state index in [1.165, 1.54) is 0 Å². The number of carbonyl (C=O) groups excluding carboxylic acids is 2. The second-order valence-corrected chi connectivity index (χ2v) is 8.78. The standard InChI is InChI=1S/C21H39N3O5/c1-7-23(8-2)19(25)14-22-11-10-16-12-17(20(26)27-9-3)24(18(16)13-22)29-15-28-21(4,5)6/h16-18H,7-15H2,1-6H3/t16-,17-,18-/m0/s1. The van der Waals surface area contributed by atoms with E-state index in [4.69, 9.17) is 14.3 Å². The summed E-state index contributed by atoms with van der Waals surface area (Å²) >= 11 is 0. The molecule has 29 heavy (non-hydrogen) atoms. The molecule has 0 bridgehead atoms. The van der Waals surface area contributed by atoms with E-state index in [1.807, 2.05) is 46.4 Å². The number of rotatable bonds is 9. The molecule has 0 aromatic heterocycles. The molecule has 0 aromatic rings. The van der Waals surface area contributed by atoms with Crippen LogP contribution in [0.25, 0.3) is 0 Å². The fourth-order valence-electron chi connectivity index (χ4n) is 4.13. The normalized spacial score (nSPS) is 25.7. The monoisotopic (exact) mass is 413 g/mol. The molecule has 168 valence electrons. The molecule has 2 rings (SSSR count). The molecule has 2 aliphatic heterocycles. The summed E-state index contributed by atoms with van der Waals surface area (Å²) in [7, 11) is 0. The number of nitrogens with zero attached hydrogens (tertiary/aromatic N) is 3. The van der Waals surface area contributed by atoms with Gasteiger partial charge >= 0.3 is 5.97 Å². The van der Waals surface area contributed by atoms with Crippen molar-refractivity contribution >= 4 is 11.9 Å².